The maximum atomic E-state index is 9.61. The van der Waals surface area contributed by atoms with Gasteiger partial charge in [0.1, 0.15) is 5.72 Å². The normalized spacial score (nSPS) is 29.4. The van der Waals surface area contributed by atoms with Gasteiger partial charge in [0.25, 0.3) is 0 Å². The molecule has 0 bridgehead atoms. The molecule has 0 radical (unpaired) electrons. The highest BCUT2D eigenvalue weighted by Gasteiger charge is 2.31. The SMILES string of the molecule is CC1CCCN1C(C)(C)O. The van der Waals surface area contributed by atoms with Crippen molar-refractivity contribution in [3.8, 4) is 0 Å². The molecule has 0 amide bonds. The van der Waals surface area contributed by atoms with Gasteiger partial charge in [0.2, 0.25) is 0 Å². The Morgan fingerprint density at radius 3 is 2.30 bits per heavy atom. The molecule has 10 heavy (non-hydrogen) atoms. The van der Waals surface area contributed by atoms with Crippen LogP contribution in [0.4, 0.5) is 0 Å². The third-order valence-corrected chi connectivity index (χ3v) is 2.26. The zero-order valence-electron chi connectivity index (χ0n) is 7.09. The predicted octanol–water partition coefficient (Wildman–Crippen LogP) is 1.20. The van der Waals surface area contributed by atoms with E-state index in [0.29, 0.717) is 6.04 Å². The van der Waals surface area contributed by atoms with Crippen LogP contribution in [0.15, 0.2) is 0 Å². The summed E-state index contributed by atoms with van der Waals surface area (Å²) in [5.74, 6) is 0. The fourth-order valence-electron chi connectivity index (χ4n) is 1.75. The summed E-state index contributed by atoms with van der Waals surface area (Å²) in [6.07, 6.45) is 2.45. The Morgan fingerprint density at radius 1 is 1.50 bits per heavy atom. The van der Waals surface area contributed by atoms with Gasteiger partial charge in [-0.1, -0.05) is 0 Å². The summed E-state index contributed by atoms with van der Waals surface area (Å²) in [6, 6.07) is 0.556. The number of likely N-dealkylation sites (tertiary alicyclic amines) is 1. The minimum atomic E-state index is -0.615. The third-order valence-electron chi connectivity index (χ3n) is 2.26. The Labute approximate surface area is 62.8 Å². The molecule has 0 saturated carbocycles. The van der Waals surface area contributed by atoms with Gasteiger partial charge >= 0.3 is 0 Å². The van der Waals surface area contributed by atoms with Crippen molar-refractivity contribution < 1.29 is 5.11 Å². The zero-order chi connectivity index (χ0) is 7.78. The van der Waals surface area contributed by atoms with Gasteiger partial charge in [0, 0.05) is 12.6 Å². The molecule has 1 unspecified atom stereocenters. The van der Waals surface area contributed by atoms with Crippen LogP contribution in [0.3, 0.4) is 0 Å². The van der Waals surface area contributed by atoms with Crippen LogP contribution in [-0.2, 0) is 0 Å². The van der Waals surface area contributed by atoms with Crippen molar-refractivity contribution in [3.05, 3.63) is 0 Å². The molecule has 1 rings (SSSR count). The number of rotatable bonds is 1. The summed E-state index contributed by atoms with van der Waals surface area (Å²) in [5, 5.41) is 9.61. The number of nitrogens with zero attached hydrogens (tertiary/aromatic N) is 1. The van der Waals surface area contributed by atoms with Crippen molar-refractivity contribution in [3.63, 3.8) is 0 Å². The molecule has 0 aromatic carbocycles. The minimum Gasteiger partial charge on any atom is -0.376 e. The standard InChI is InChI=1S/C8H17NO/c1-7-5-4-6-9(7)8(2,3)10/h7,10H,4-6H2,1-3H3. The number of hydrogen-bond acceptors (Lipinski definition) is 2. The molecule has 1 saturated heterocycles. The van der Waals surface area contributed by atoms with Crippen molar-refractivity contribution in [1.82, 2.24) is 4.90 Å². The summed E-state index contributed by atoms with van der Waals surface area (Å²) < 4.78 is 0. The van der Waals surface area contributed by atoms with Crippen LogP contribution in [0.1, 0.15) is 33.6 Å². The highest BCUT2D eigenvalue weighted by atomic mass is 16.3. The second kappa shape index (κ2) is 2.51. The molecule has 0 aromatic heterocycles. The van der Waals surface area contributed by atoms with E-state index < -0.39 is 5.72 Å². The van der Waals surface area contributed by atoms with E-state index in [9.17, 15) is 5.11 Å². The molecule has 0 aromatic rings. The summed E-state index contributed by atoms with van der Waals surface area (Å²) >= 11 is 0. The number of hydrogen-bond donors (Lipinski definition) is 1. The molecule has 1 fully saturated rings. The molecular weight excluding hydrogens is 126 g/mol. The fraction of sp³-hybridized carbons (Fsp3) is 1.00. The second-order valence-corrected chi connectivity index (χ2v) is 3.68. The quantitative estimate of drug-likeness (QED) is 0.596. The predicted molar refractivity (Wildman–Crippen MR) is 41.7 cm³/mol. The molecule has 1 aliphatic rings. The van der Waals surface area contributed by atoms with E-state index in [1.54, 1.807) is 0 Å². The van der Waals surface area contributed by atoms with Gasteiger partial charge < -0.3 is 5.11 Å². The Bertz CT molecular complexity index is 117. The first-order valence-electron chi connectivity index (χ1n) is 4.01. The smallest absolute Gasteiger partial charge is 0.113 e. The molecular formula is C8H17NO. The summed E-state index contributed by atoms with van der Waals surface area (Å²) in [5.41, 5.74) is -0.615. The molecule has 1 N–H and O–H groups in total. The van der Waals surface area contributed by atoms with Gasteiger partial charge in [0.15, 0.2) is 0 Å². The minimum absolute atomic E-state index is 0.556. The van der Waals surface area contributed by atoms with Crippen LogP contribution in [0, 0.1) is 0 Å². The lowest BCUT2D eigenvalue weighted by Gasteiger charge is -2.33. The topological polar surface area (TPSA) is 23.5 Å². The third kappa shape index (κ3) is 1.50. The van der Waals surface area contributed by atoms with E-state index in [1.165, 1.54) is 12.8 Å². The van der Waals surface area contributed by atoms with Gasteiger partial charge in [-0.3, -0.25) is 4.90 Å². The van der Waals surface area contributed by atoms with Crippen molar-refractivity contribution in [1.29, 1.82) is 0 Å². The van der Waals surface area contributed by atoms with Crippen LogP contribution in [-0.4, -0.2) is 28.3 Å². The van der Waals surface area contributed by atoms with E-state index in [4.69, 9.17) is 0 Å². The van der Waals surface area contributed by atoms with Crippen LogP contribution >= 0.6 is 0 Å². The Morgan fingerprint density at radius 2 is 2.10 bits per heavy atom. The van der Waals surface area contributed by atoms with Crippen LogP contribution < -0.4 is 0 Å². The zero-order valence-corrected chi connectivity index (χ0v) is 7.09. The average molecular weight is 143 g/mol. The molecule has 0 aliphatic carbocycles. The highest BCUT2D eigenvalue weighted by Crippen LogP contribution is 2.23. The maximum absolute atomic E-state index is 9.61. The highest BCUT2D eigenvalue weighted by molar-refractivity contribution is 4.81. The molecule has 0 spiro atoms. The lowest BCUT2D eigenvalue weighted by atomic mass is 10.2. The van der Waals surface area contributed by atoms with Gasteiger partial charge in [-0.25, -0.2) is 0 Å². The fourth-order valence-corrected chi connectivity index (χ4v) is 1.75. The second-order valence-electron chi connectivity index (χ2n) is 3.68. The monoisotopic (exact) mass is 143 g/mol. The van der Waals surface area contributed by atoms with E-state index in [1.807, 2.05) is 13.8 Å². The molecule has 60 valence electrons. The lowest BCUT2D eigenvalue weighted by Crippen LogP contribution is -2.45. The Balaban J connectivity index is 2.55. The van der Waals surface area contributed by atoms with E-state index >= 15 is 0 Å². The van der Waals surface area contributed by atoms with E-state index in [-0.39, 0.29) is 0 Å². The maximum Gasteiger partial charge on any atom is 0.113 e. The first-order chi connectivity index (χ1) is 4.52. The van der Waals surface area contributed by atoms with Crippen LogP contribution in [0.2, 0.25) is 0 Å². The first-order valence-corrected chi connectivity index (χ1v) is 4.01. The molecule has 1 aliphatic heterocycles. The van der Waals surface area contributed by atoms with E-state index in [2.05, 4.69) is 11.8 Å². The van der Waals surface area contributed by atoms with E-state index in [0.717, 1.165) is 6.54 Å². The lowest BCUT2D eigenvalue weighted by molar-refractivity contribution is -0.0820. The van der Waals surface area contributed by atoms with Crippen molar-refractivity contribution in [2.75, 3.05) is 6.54 Å². The Kier molecular flexibility index (Phi) is 2.02. The van der Waals surface area contributed by atoms with Gasteiger partial charge in [0.05, 0.1) is 0 Å². The first kappa shape index (κ1) is 8.02. The molecule has 2 heteroatoms. The van der Waals surface area contributed by atoms with Crippen molar-refractivity contribution in [2.24, 2.45) is 0 Å². The largest absolute Gasteiger partial charge is 0.376 e. The van der Waals surface area contributed by atoms with Gasteiger partial charge in [-0.05, 0) is 33.6 Å². The van der Waals surface area contributed by atoms with Gasteiger partial charge in [-0.2, -0.15) is 0 Å². The van der Waals surface area contributed by atoms with Crippen molar-refractivity contribution >= 4 is 0 Å². The average Bonchev–Trinajstić information content (AvgIpc) is 2.11. The Hall–Kier alpha value is -0.0800. The summed E-state index contributed by atoms with van der Waals surface area (Å²) in [6.45, 7) is 6.93. The van der Waals surface area contributed by atoms with Gasteiger partial charge in [-0.15, -0.1) is 0 Å². The van der Waals surface area contributed by atoms with Crippen LogP contribution in [0.5, 0.6) is 0 Å². The molecule has 1 heterocycles. The van der Waals surface area contributed by atoms with Crippen LogP contribution in [0.25, 0.3) is 0 Å². The number of aliphatic hydroxyl groups is 1. The summed E-state index contributed by atoms with van der Waals surface area (Å²) in [7, 11) is 0. The van der Waals surface area contributed by atoms with Crippen molar-refractivity contribution in [2.45, 2.75) is 45.4 Å². The molecule has 1 atom stereocenters. The molecule has 2 nitrogen and oxygen atoms in total. The summed E-state index contributed by atoms with van der Waals surface area (Å²) in [4.78, 5) is 2.15.